The van der Waals surface area contributed by atoms with Crippen LogP contribution in [0.1, 0.15) is 56.0 Å². The Labute approximate surface area is 338 Å². The number of aromatic amines is 1. The second kappa shape index (κ2) is 17.1. The van der Waals surface area contributed by atoms with E-state index in [1.807, 2.05) is 66.7 Å². The van der Waals surface area contributed by atoms with Crippen LogP contribution < -0.4 is 21.7 Å². The van der Waals surface area contributed by atoms with E-state index in [0.717, 1.165) is 110 Å². The van der Waals surface area contributed by atoms with Crippen LogP contribution in [-0.2, 0) is 0 Å². The topological polar surface area (TPSA) is 143 Å². The molecule has 0 amide bonds. The van der Waals surface area contributed by atoms with E-state index in [0.29, 0.717) is 11.7 Å². The van der Waals surface area contributed by atoms with E-state index >= 15 is 0 Å². The van der Waals surface area contributed by atoms with Crippen molar-refractivity contribution in [1.82, 2.24) is 44.0 Å². The number of nitrogens with zero attached hydrogens (tertiary/aromatic N) is 8. The highest BCUT2D eigenvalue weighted by atomic mass is 16.5. The third-order valence-corrected chi connectivity index (χ3v) is 12.4. The molecule has 0 saturated carbocycles. The first kappa shape index (κ1) is 37.9. The van der Waals surface area contributed by atoms with Gasteiger partial charge in [0, 0.05) is 44.0 Å². The van der Waals surface area contributed by atoms with Crippen molar-refractivity contribution in [3.63, 3.8) is 0 Å². The minimum atomic E-state index is -0.414. The summed E-state index contributed by atoms with van der Waals surface area (Å²) in [6.45, 7) is 10.2. The Bertz CT molecular complexity index is 2410. The van der Waals surface area contributed by atoms with E-state index in [4.69, 9.17) is 15.6 Å². The van der Waals surface area contributed by atoms with Gasteiger partial charge in [0.15, 0.2) is 5.65 Å². The molecule has 9 rings (SSSR count). The Morgan fingerprint density at radius 1 is 0.741 bits per heavy atom. The molecule has 13 nitrogen and oxygen atoms in total. The van der Waals surface area contributed by atoms with Crippen LogP contribution in [-0.4, -0.2) is 103 Å². The summed E-state index contributed by atoms with van der Waals surface area (Å²) < 4.78 is 9.58. The molecule has 300 valence electrons. The summed E-state index contributed by atoms with van der Waals surface area (Å²) in [5, 5.41) is 5.94. The zero-order valence-electron chi connectivity index (χ0n) is 33.0. The largest absolute Gasteiger partial charge is 0.457 e. The number of H-pyrrole nitrogens is 1. The Balaban J connectivity index is 0.713. The fraction of sp³-hybridized carbons (Fsp3) is 0.400. The molecule has 6 heterocycles. The summed E-state index contributed by atoms with van der Waals surface area (Å²) in [4.78, 5) is 42.9. The molecule has 58 heavy (non-hydrogen) atoms. The third kappa shape index (κ3) is 8.47. The Hall–Kier alpha value is -5.63. The number of nitrogen functional groups attached to an aromatic ring is 1. The average Bonchev–Trinajstić information content (AvgIpc) is 3.87. The van der Waals surface area contributed by atoms with Gasteiger partial charge in [-0.15, -0.1) is 0 Å². The molecular weight excluding hydrogens is 729 g/mol. The smallest absolute Gasteiger partial charge is 0.332 e. The molecule has 0 spiro atoms. The molecule has 0 aliphatic carbocycles. The number of hydrogen-bond donors (Lipinski definition) is 2. The predicted molar refractivity (Wildman–Crippen MR) is 227 cm³/mol. The van der Waals surface area contributed by atoms with Crippen molar-refractivity contribution in [2.75, 3.05) is 64.6 Å². The quantitative estimate of drug-likeness (QED) is 0.153. The highest BCUT2D eigenvalue weighted by Crippen LogP contribution is 2.35. The molecule has 1 unspecified atom stereocenters. The van der Waals surface area contributed by atoms with Gasteiger partial charge >= 0.3 is 5.69 Å². The number of anilines is 1. The normalized spacial score (nSPS) is 18.9. The molecule has 3 aliphatic heterocycles. The Kier molecular flexibility index (Phi) is 11.2. The summed E-state index contributed by atoms with van der Waals surface area (Å²) in [5.41, 5.74) is 10.3. The van der Waals surface area contributed by atoms with Gasteiger partial charge in [-0.1, -0.05) is 30.3 Å². The lowest BCUT2D eigenvalue weighted by Gasteiger charge is -2.34. The van der Waals surface area contributed by atoms with Crippen molar-refractivity contribution >= 4 is 16.9 Å². The lowest BCUT2D eigenvalue weighted by Crippen LogP contribution is -2.38. The Morgan fingerprint density at radius 2 is 1.45 bits per heavy atom. The van der Waals surface area contributed by atoms with E-state index in [1.54, 1.807) is 6.33 Å². The van der Waals surface area contributed by atoms with Crippen LogP contribution in [0.25, 0.3) is 28.0 Å². The summed E-state index contributed by atoms with van der Waals surface area (Å²) in [7, 11) is 0. The molecule has 3 saturated heterocycles. The van der Waals surface area contributed by atoms with E-state index in [9.17, 15) is 9.59 Å². The van der Waals surface area contributed by atoms with Gasteiger partial charge in [0.1, 0.15) is 29.3 Å². The molecule has 3 N–H and O–H groups in total. The Morgan fingerprint density at radius 3 is 2.21 bits per heavy atom. The zero-order chi connectivity index (χ0) is 39.4. The monoisotopic (exact) mass is 780 g/mol. The van der Waals surface area contributed by atoms with Gasteiger partial charge in [0.2, 0.25) is 0 Å². The number of para-hydroxylation sites is 1. The molecule has 0 radical (unpaired) electrons. The number of nitrogens with one attached hydrogen (secondary N) is 1. The second-order valence-corrected chi connectivity index (χ2v) is 16.2. The number of piperidine rings is 2. The van der Waals surface area contributed by atoms with E-state index in [1.165, 1.54) is 54.9 Å². The van der Waals surface area contributed by atoms with Crippen molar-refractivity contribution < 1.29 is 4.74 Å². The van der Waals surface area contributed by atoms with Crippen LogP contribution in [0.15, 0.2) is 107 Å². The molecule has 6 aromatic rings. The minimum absolute atomic E-state index is 0.258. The molecule has 13 heteroatoms. The molecule has 3 aromatic heterocycles. The SMILES string of the molecule is Nc1ncnc2c1c(-c1ccc(Oc3ccccc3)cc1)nn2C1CCN(CCCN2CCC(CN3CCC(c4ccc(-n5ccc(=O)[nH]c5=O)cc4)CC3)C2)CC1. The van der Waals surface area contributed by atoms with Crippen molar-refractivity contribution in [2.45, 2.75) is 50.5 Å². The second-order valence-electron chi connectivity index (χ2n) is 16.2. The fourth-order valence-electron chi connectivity index (χ4n) is 9.27. The van der Waals surface area contributed by atoms with Crippen molar-refractivity contribution in [3.8, 4) is 28.4 Å². The first-order valence-electron chi connectivity index (χ1n) is 20.8. The van der Waals surface area contributed by atoms with Crippen molar-refractivity contribution in [2.24, 2.45) is 5.92 Å². The fourth-order valence-corrected chi connectivity index (χ4v) is 9.27. The lowest BCUT2D eigenvalue weighted by molar-refractivity contribution is 0.168. The van der Waals surface area contributed by atoms with Crippen LogP contribution >= 0.6 is 0 Å². The molecule has 3 aliphatic rings. The van der Waals surface area contributed by atoms with Gasteiger partial charge in [-0.2, -0.15) is 5.10 Å². The number of aromatic nitrogens is 6. The number of fused-ring (bicyclic) bond motifs is 1. The minimum Gasteiger partial charge on any atom is -0.457 e. The van der Waals surface area contributed by atoms with E-state index < -0.39 is 5.69 Å². The predicted octanol–water partition coefficient (Wildman–Crippen LogP) is 5.94. The standard InChI is InChI=1S/C45H52N10O3/c46-43-41-42(35-9-13-39(14-10-35)58-38-5-2-1-3-6-38)50-55(44(41)48-31-47-43)37-18-26-51(27-19-37)21-4-22-52-23-15-32(29-52)30-53-24-16-34(17-25-53)33-7-11-36(12-8-33)54-28-20-40(56)49-45(54)57/h1-3,5-14,20,28,31-32,34,37H,4,15-19,21-27,29-30H2,(H2,46,47,48)(H,49,56,57). The first-order chi connectivity index (χ1) is 28.4. The van der Waals surface area contributed by atoms with Gasteiger partial charge in [-0.3, -0.25) is 14.3 Å². The first-order valence-corrected chi connectivity index (χ1v) is 20.8. The number of rotatable bonds is 12. The highest BCUT2D eigenvalue weighted by molar-refractivity contribution is 5.98. The zero-order valence-corrected chi connectivity index (χ0v) is 33.0. The van der Waals surface area contributed by atoms with Gasteiger partial charge < -0.3 is 25.2 Å². The van der Waals surface area contributed by atoms with Gasteiger partial charge in [0.25, 0.3) is 5.56 Å². The van der Waals surface area contributed by atoms with E-state index in [-0.39, 0.29) is 11.6 Å². The lowest BCUT2D eigenvalue weighted by atomic mass is 9.89. The van der Waals surface area contributed by atoms with Gasteiger partial charge in [0.05, 0.1) is 17.1 Å². The number of nitrogens with two attached hydrogens (primary N) is 1. The van der Waals surface area contributed by atoms with Gasteiger partial charge in [-0.05, 0) is 137 Å². The molecule has 3 aromatic carbocycles. The van der Waals surface area contributed by atoms with Crippen molar-refractivity contribution in [3.05, 3.63) is 124 Å². The van der Waals surface area contributed by atoms with Crippen molar-refractivity contribution in [1.29, 1.82) is 0 Å². The van der Waals surface area contributed by atoms with Crippen LogP contribution in [0.2, 0.25) is 0 Å². The van der Waals surface area contributed by atoms with E-state index in [2.05, 4.69) is 46.5 Å². The summed E-state index contributed by atoms with van der Waals surface area (Å²) in [6.07, 6.45) is 9.92. The molecule has 0 bridgehead atoms. The average molecular weight is 781 g/mol. The van der Waals surface area contributed by atoms with Gasteiger partial charge in [-0.25, -0.2) is 19.4 Å². The number of hydrogen-bond acceptors (Lipinski definition) is 10. The molecule has 1 atom stereocenters. The van der Waals surface area contributed by atoms with Crippen LogP contribution in [0.5, 0.6) is 11.5 Å². The maximum atomic E-state index is 12.2. The van der Waals surface area contributed by atoms with Crippen LogP contribution in [0.4, 0.5) is 5.82 Å². The summed E-state index contributed by atoms with van der Waals surface area (Å²) in [5.74, 6) is 3.30. The molecule has 3 fully saturated rings. The highest BCUT2D eigenvalue weighted by Gasteiger charge is 2.29. The third-order valence-electron chi connectivity index (χ3n) is 12.4. The number of likely N-dealkylation sites (tertiary alicyclic amines) is 3. The molecular formula is C45H52N10O3. The van der Waals surface area contributed by atoms with Crippen LogP contribution in [0, 0.1) is 5.92 Å². The summed E-state index contributed by atoms with van der Waals surface area (Å²) >= 11 is 0. The number of ether oxygens (including phenoxy) is 1. The van der Waals surface area contributed by atoms with Crippen LogP contribution in [0.3, 0.4) is 0 Å². The summed E-state index contributed by atoms with van der Waals surface area (Å²) in [6, 6.07) is 27.6. The maximum absolute atomic E-state index is 12.2. The maximum Gasteiger partial charge on any atom is 0.332 e. The number of benzene rings is 3.